The van der Waals surface area contributed by atoms with Crippen molar-refractivity contribution >= 4 is 10.1 Å². The molecule has 6 heteroatoms. The van der Waals surface area contributed by atoms with Crippen LogP contribution in [0.2, 0.25) is 0 Å². The summed E-state index contributed by atoms with van der Waals surface area (Å²) in [6, 6.07) is 0. The van der Waals surface area contributed by atoms with Gasteiger partial charge in [-0.25, -0.2) is 12.8 Å². The van der Waals surface area contributed by atoms with E-state index in [1.54, 1.807) is 0 Å². The molecule has 0 heterocycles. The molecule has 1 unspecified atom stereocenters. The molecule has 206 valence electrons. The maximum atomic E-state index is 15.0. The van der Waals surface area contributed by atoms with Gasteiger partial charge in [-0.3, -0.25) is 0 Å². The minimum absolute atomic E-state index is 0. The molecule has 0 N–H and O–H groups in total. The van der Waals surface area contributed by atoms with Crippen molar-refractivity contribution < 1.29 is 68.7 Å². The molecule has 0 saturated carbocycles. The van der Waals surface area contributed by atoms with Crippen LogP contribution in [0.5, 0.6) is 0 Å². The Balaban J connectivity index is 0. The van der Waals surface area contributed by atoms with E-state index >= 15 is 0 Å². The molecule has 35 heavy (non-hydrogen) atoms. The Morgan fingerprint density at radius 1 is 0.486 bits per heavy atom. The number of halogens is 1. The zero-order chi connectivity index (χ0) is 25.4. The Morgan fingerprint density at radius 3 is 0.886 bits per heavy atom. The van der Waals surface area contributed by atoms with Crippen LogP contribution in [0.25, 0.3) is 0 Å². The summed E-state index contributed by atoms with van der Waals surface area (Å²) in [5, 5.41) is -2.56. The topological polar surface area (TPSA) is 57.2 Å². The van der Waals surface area contributed by atoms with Gasteiger partial charge in [0, 0.05) is 0 Å². The Hall–Kier alpha value is 1.48. The van der Waals surface area contributed by atoms with Gasteiger partial charge in [0.1, 0.15) is 10.1 Å². The van der Waals surface area contributed by atoms with Gasteiger partial charge in [0.2, 0.25) is 0 Å². The standard InChI is InChI=1S/C29H59FO3S.K/c1-3-5-7-9-11-13-14-15-16-17-18-19-20-22-24-26-28-29(30,34(31,32)33)27-25-23-21-12-10-8-6-4-2;/h3-28H2,1-2H3,(H,31,32,33);/q;+1/p-1. The Kier molecular flexibility index (Phi) is 29.9. The number of unbranched alkanes of at least 4 members (excludes halogenated alkanes) is 22. The summed E-state index contributed by atoms with van der Waals surface area (Å²) in [4.78, 5) is 0. The number of hydrogen-bond donors (Lipinski definition) is 0. The van der Waals surface area contributed by atoms with Crippen LogP contribution < -0.4 is 51.4 Å². The van der Waals surface area contributed by atoms with E-state index in [-0.39, 0.29) is 64.2 Å². The second-order valence-corrected chi connectivity index (χ2v) is 12.3. The van der Waals surface area contributed by atoms with Gasteiger partial charge >= 0.3 is 51.4 Å². The van der Waals surface area contributed by atoms with Gasteiger partial charge < -0.3 is 4.55 Å². The van der Waals surface area contributed by atoms with E-state index in [0.717, 1.165) is 38.5 Å². The third-order valence-corrected chi connectivity index (χ3v) is 8.56. The smallest absolute Gasteiger partial charge is 0.745 e. The van der Waals surface area contributed by atoms with Crippen molar-refractivity contribution in [2.24, 2.45) is 0 Å². The predicted molar refractivity (Wildman–Crippen MR) is 145 cm³/mol. The first-order valence-corrected chi connectivity index (χ1v) is 16.4. The quantitative estimate of drug-likeness (QED) is 0.0615. The van der Waals surface area contributed by atoms with Crippen LogP contribution in [0.15, 0.2) is 0 Å². The molecule has 0 amide bonds. The van der Waals surface area contributed by atoms with Crippen molar-refractivity contribution in [2.75, 3.05) is 0 Å². The van der Waals surface area contributed by atoms with Gasteiger partial charge in [-0.15, -0.1) is 0 Å². The maximum absolute atomic E-state index is 15.0. The Bertz CT molecular complexity index is 530. The first-order chi connectivity index (χ1) is 16.4. The molecule has 3 nitrogen and oxygen atoms in total. The Labute approximate surface area is 262 Å². The molecular formula is C29H58FKO3S. The van der Waals surface area contributed by atoms with E-state index < -0.39 is 15.1 Å². The van der Waals surface area contributed by atoms with E-state index in [0.29, 0.717) is 12.8 Å². The SMILES string of the molecule is CCCCCCCCCCCCCCCCCCC(F)(CCCCCCCCCC)S(=O)(=O)[O-].[K+]. The molecule has 0 spiro atoms. The monoisotopic (exact) mass is 544 g/mol. The Morgan fingerprint density at radius 2 is 0.686 bits per heavy atom. The zero-order valence-corrected chi connectivity index (χ0v) is 27.8. The second kappa shape index (κ2) is 27.1. The number of rotatable bonds is 27. The summed E-state index contributed by atoms with van der Waals surface area (Å²) in [5.74, 6) is 0. The van der Waals surface area contributed by atoms with E-state index in [1.165, 1.54) is 103 Å². The summed E-state index contributed by atoms with van der Waals surface area (Å²) in [7, 11) is -4.91. The van der Waals surface area contributed by atoms with Gasteiger partial charge in [0.25, 0.3) is 0 Å². The molecule has 0 bridgehead atoms. The number of alkyl halides is 1. The van der Waals surface area contributed by atoms with E-state index in [1.807, 2.05) is 0 Å². The van der Waals surface area contributed by atoms with E-state index in [4.69, 9.17) is 0 Å². The van der Waals surface area contributed by atoms with Gasteiger partial charge in [0.05, 0.1) is 0 Å². The van der Waals surface area contributed by atoms with Gasteiger partial charge in [-0.05, 0) is 25.7 Å². The summed E-state index contributed by atoms with van der Waals surface area (Å²) in [6.07, 6.45) is 27.6. The molecule has 0 saturated heterocycles. The predicted octanol–water partition coefficient (Wildman–Crippen LogP) is 7.38. The molecule has 0 aromatic rings. The molecular weight excluding hydrogens is 486 g/mol. The summed E-state index contributed by atoms with van der Waals surface area (Å²) in [5.41, 5.74) is 0. The fraction of sp³-hybridized carbons (Fsp3) is 1.00. The normalized spacial score (nSPS) is 13.5. The van der Waals surface area contributed by atoms with Crippen LogP contribution >= 0.6 is 0 Å². The van der Waals surface area contributed by atoms with Crippen LogP contribution in [-0.4, -0.2) is 18.0 Å². The molecule has 0 aliphatic rings. The largest absolute Gasteiger partial charge is 1.00 e. The molecule has 0 aliphatic heterocycles. The van der Waals surface area contributed by atoms with Crippen molar-refractivity contribution in [1.29, 1.82) is 0 Å². The molecule has 0 aromatic carbocycles. The molecule has 0 rings (SSSR count). The molecule has 0 aliphatic carbocycles. The molecule has 1 atom stereocenters. The third-order valence-electron chi connectivity index (χ3n) is 7.26. The average Bonchev–Trinajstić information content (AvgIpc) is 2.79. The van der Waals surface area contributed by atoms with Crippen molar-refractivity contribution in [3.63, 3.8) is 0 Å². The third kappa shape index (κ3) is 24.3. The van der Waals surface area contributed by atoms with Crippen molar-refractivity contribution in [3.8, 4) is 0 Å². The van der Waals surface area contributed by atoms with Gasteiger partial charge in [-0.2, -0.15) is 0 Å². The summed E-state index contributed by atoms with van der Waals surface area (Å²) < 4.78 is 49.6. The zero-order valence-electron chi connectivity index (χ0n) is 23.9. The minimum atomic E-state index is -4.91. The number of hydrogen-bond acceptors (Lipinski definition) is 3. The second-order valence-electron chi connectivity index (χ2n) is 10.6. The van der Waals surface area contributed by atoms with Crippen LogP contribution in [-0.2, 0) is 10.1 Å². The van der Waals surface area contributed by atoms with Crippen molar-refractivity contribution in [2.45, 2.75) is 186 Å². The fourth-order valence-electron chi connectivity index (χ4n) is 4.83. The summed E-state index contributed by atoms with van der Waals surface area (Å²) >= 11 is 0. The molecule has 0 radical (unpaired) electrons. The first-order valence-electron chi connectivity index (χ1n) is 15.0. The molecule has 0 fully saturated rings. The van der Waals surface area contributed by atoms with Crippen LogP contribution in [0, 0.1) is 0 Å². The van der Waals surface area contributed by atoms with Crippen molar-refractivity contribution in [1.82, 2.24) is 0 Å². The fourth-order valence-corrected chi connectivity index (χ4v) is 5.62. The van der Waals surface area contributed by atoms with E-state index in [2.05, 4.69) is 13.8 Å². The van der Waals surface area contributed by atoms with Gasteiger partial charge in [-0.1, -0.05) is 155 Å². The van der Waals surface area contributed by atoms with Crippen LogP contribution in [0.3, 0.4) is 0 Å². The van der Waals surface area contributed by atoms with Crippen molar-refractivity contribution in [3.05, 3.63) is 0 Å². The maximum Gasteiger partial charge on any atom is 1.00 e. The van der Waals surface area contributed by atoms with Crippen LogP contribution in [0.1, 0.15) is 181 Å². The minimum Gasteiger partial charge on any atom is -0.745 e. The first kappa shape index (κ1) is 38.6. The summed E-state index contributed by atoms with van der Waals surface area (Å²) in [6.45, 7) is 4.44. The van der Waals surface area contributed by atoms with E-state index in [9.17, 15) is 17.4 Å². The van der Waals surface area contributed by atoms with Crippen LogP contribution in [0.4, 0.5) is 4.39 Å². The van der Waals surface area contributed by atoms with Gasteiger partial charge in [0.15, 0.2) is 5.00 Å². The average molecular weight is 545 g/mol. The molecule has 0 aromatic heterocycles.